The number of ether oxygens (including phenoxy) is 1. The Morgan fingerprint density at radius 3 is 2.43 bits per heavy atom. The average molecular weight is 494 g/mol. The van der Waals surface area contributed by atoms with Gasteiger partial charge in [0, 0.05) is 28.9 Å². The Kier molecular flexibility index (Phi) is 7.12. The number of aromatic carboxylic acids is 1. The zero-order valence-electron chi connectivity index (χ0n) is 20.8. The number of nitrogens with zero attached hydrogens (tertiary/aromatic N) is 1. The maximum Gasteiger partial charge on any atom is 0.336 e. The molecular weight excluding hydrogens is 466 g/mol. The molecule has 0 saturated heterocycles. The van der Waals surface area contributed by atoms with Crippen LogP contribution in [-0.4, -0.2) is 23.5 Å². The highest BCUT2D eigenvalue weighted by atomic mass is 16.5. The maximum absolute atomic E-state index is 12.7. The number of benzene rings is 4. The van der Waals surface area contributed by atoms with E-state index in [0.29, 0.717) is 51.5 Å². The smallest absolute Gasteiger partial charge is 0.336 e. The number of carboxylic acids is 1. The third-order valence-corrected chi connectivity index (χ3v) is 6.06. The predicted octanol–water partition coefficient (Wildman–Crippen LogP) is 6.15. The minimum absolute atomic E-state index is 0.00944. The average Bonchev–Trinajstić information content (AvgIpc) is 2.87. The molecule has 0 fully saturated rings. The number of rotatable bonds is 7. The summed E-state index contributed by atoms with van der Waals surface area (Å²) in [6.45, 7) is 6.08. The van der Waals surface area contributed by atoms with E-state index < -0.39 is 5.97 Å². The zero-order chi connectivity index (χ0) is 26.7. The van der Waals surface area contributed by atoms with Crippen LogP contribution in [0.4, 0.5) is 5.69 Å². The van der Waals surface area contributed by atoms with Gasteiger partial charge in [-0.1, -0.05) is 32.0 Å². The molecule has 4 aromatic rings. The lowest BCUT2D eigenvalue weighted by Gasteiger charge is -2.17. The molecule has 4 aromatic carbocycles. The second-order valence-corrected chi connectivity index (χ2v) is 9.26. The minimum atomic E-state index is -1.15. The number of hydrogen-bond acceptors (Lipinski definition) is 5. The Morgan fingerprint density at radius 2 is 1.73 bits per heavy atom. The van der Waals surface area contributed by atoms with Crippen LogP contribution in [0.25, 0.3) is 21.9 Å². The van der Waals surface area contributed by atoms with Crippen molar-refractivity contribution < 1.29 is 19.4 Å². The Morgan fingerprint density at radius 1 is 1.00 bits per heavy atom. The molecule has 0 aliphatic rings. The van der Waals surface area contributed by atoms with E-state index >= 15 is 0 Å². The quantitative estimate of drug-likeness (QED) is 0.265. The fraction of sp³-hybridized carbons (Fsp3) is 0.167. The van der Waals surface area contributed by atoms with Crippen LogP contribution in [-0.2, 0) is 0 Å². The van der Waals surface area contributed by atoms with Crippen molar-refractivity contribution in [2.75, 3.05) is 12.3 Å². The first-order chi connectivity index (χ1) is 17.7. The molecule has 0 bridgehead atoms. The van der Waals surface area contributed by atoms with Crippen LogP contribution in [0.15, 0.2) is 66.7 Å². The van der Waals surface area contributed by atoms with Gasteiger partial charge in [-0.2, -0.15) is 5.26 Å². The molecule has 37 heavy (non-hydrogen) atoms. The van der Waals surface area contributed by atoms with Crippen LogP contribution >= 0.6 is 0 Å². The number of carboxylic acid groups (broad SMARTS) is 1. The van der Waals surface area contributed by atoms with Gasteiger partial charge < -0.3 is 20.9 Å². The number of fused-ring (bicyclic) bond motifs is 1. The van der Waals surface area contributed by atoms with Crippen molar-refractivity contribution in [3.8, 4) is 28.7 Å². The monoisotopic (exact) mass is 493 g/mol. The normalized spacial score (nSPS) is 10.8. The molecule has 7 heteroatoms. The Balaban J connectivity index is 1.77. The predicted molar refractivity (Wildman–Crippen MR) is 144 cm³/mol. The summed E-state index contributed by atoms with van der Waals surface area (Å²) >= 11 is 0. The molecule has 0 heterocycles. The molecule has 4 rings (SSSR count). The largest absolute Gasteiger partial charge is 0.478 e. The summed E-state index contributed by atoms with van der Waals surface area (Å²) in [6.07, 6.45) is 0. The van der Waals surface area contributed by atoms with E-state index in [0.717, 1.165) is 10.8 Å². The van der Waals surface area contributed by atoms with Gasteiger partial charge in [0.25, 0.3) is 5.91 Å². The van der Waals surface area contributed by atoms with Gasteiger partial charge in [0.1, 0.15) is 11.5 Å². The van der Waals surface area contributed by atoms with Crippen molar-refractivity contribution in [2.45, 2.75) is 20.8 Å². The second kappa shape index (κ2) is 10.4. The van der Waals surface area contributed by atoms with Gasteiger partial charge in [0.05, 0.1) is 17.2 Å². The number of nitrogens with two attached hydrogens (primary N) is 1. The number of carbonyl (C=O) groups excluding carboxylic acids is 1. The van der Waals surface area contributed by atoms with Gasteiger partial charge in [0.2, 0.25) is 0 Å². The molecule has 0 radical (unpaired) electrons. The number of hydrogen-bond donors (Lipinski definition) is 3. The molecule has 1 amide bonds. The number of anilines is 1. The summed E-state index contributed by atoms with van der Waals surface area (Å²) in [5.41, 5.74) is 8.65. The van der Waals surface area contributed by atoms with Gasteiger partial charge in [-0.25, -0.2) is 4.79 Å². The third kappa shape index (κ3) is 5.39. The molecule has 0 aliphatic heterocycles. The van der Waals surface area contributed by atoms with Crippen LogP contribution in [0.5, 0.6) is 11.5 Å². The van der Waals surface area contributed by atoms with Crippen molar-refractivity contribution in [2.24, 2.45) is 5.92 Å². The van der Waals surface area contributed by atoms with Crippen LogP contribution < -0.4 is 15.8 Å². The molecule has 0 spiro atoms. The van der Waals surface area contributed by atoms with E-state index in [2.05, 4.69) is 11.4 Å². The number of carbonyl (C=O) groups is 2. The summed E-state index contributed by atoms with van der Waals surface area (Å²) in [7, 11) is 0. The first kappa shape index (κ1) is 25.3. The molecule has 0 unspecified atom stereocenters. The maximum atomic E-state index is 12.7. The molecule has 0 aliphatic carbocycles. The molecule has 0 atom stereocenters. The van der Waals surface area contributed by atoms with Gasteiger partial charge in [0.15, 0.2) is 0 Å². The molecule has 186 valence electrons. The van der Waals surface area contributed by atoms with Crippen molar-refractivity contribution >= 4 is 28.3 Å². The number of nitrogens with one attached hydrogen (secondary N) is 1. The topological polar surface area (TPSA) is 125 Å². The Hall–Kier alpha value is -4.83. The zero-order valence-corrected chi connectivity index (χ0v) is 20.8. The first-order valence-corrected chi connectivity index (χ1v) is 11.8. The fourth-order valence-corrected chi connectivity index (χ4v) is 4.18. The van der Waals surface area contributed by atoms with E-state index in [1.54, 1.807) is 55.5 Å². The van der Waals surface area contributed by atoms with Gasteiger partial charge in [-0.05, 0) is 77.7 Å². The lowest BCUT2D eigenvalue weighted by atomic mass is 9.91. The molecular formula is C30H27N3O4. The minimum Gasteiger partial charge on any atom is -0.478 e. The summed E-state index contributed by atoms with van der Waals surface area (Å²) < 4.78 is 6.21. The number of amides is 1. The lowest BCUT2D eigenvalue weighted by molar-refractivity contribution is 0.0697. The van der Waals surface area contributed by atoms with Crippen LogP contribution in [0.3, 0.4) is 0 Å². The van der Waals surface area contributed by atoms with Crippen LogP contribution in [0.1, 0.15) is 45.7 Å². The Bertz CT molecular complexity index is 1570. The van der Waals surface area contributed by atoms with Crippen molar-refractivity contribution in [1.29, 1.82) is 5.26 Å². The second-order valence-electron chi connectivity index (χ2n) is 9.26. The highest BCUT2D eigenvalue weighted by Gasteiger charge is 2.23. The summed E-state index contributed by atoms with van der Waals surface area (Å²) in [5.74, 6) is -0.251. The molecule has 7 nitrogen and oxygen atoms in total. The third-order valence-electron chi connectivity index (χ3n) is 6.06. The van der Waals surface area contributed by atoms with E-state index in [1.165, 1.54) is 0 Å². The number of nitriles is 1. The summed E-state index contributed by atoms with van der Waals surface area (Å²) in [5, 5.41) is 23.9. The SMILES string of the molecule is Cc1c(C(=O)NCC(C)C)ccc(-c2cc(N)ccc2Oc2ccc3cc(C#N)ccc3c2)c1C(=O)O. The highest BCUT2D eigenvalue weighted by Crippen LogP contribution is 2.39. The summed E-state index contributed by atoms with van der Waals surface area (Å²) in [6, 6.07) is 21.3. The molecule has 4 N–H and O–H groups in total. The molecule has 0 aromatic heterocycles. The first-order valence-electron chi connectivity index (χ1n) is 11.8. The molecule has 0 saturated carbocycles. The van der Waals surface area contributed by atoms with E-state index in [9.17, 15) is 14.7 Å². The standard InChI is InChI=1S/C30H27N3O4/c1-17(2)16-33-29(34)24-9-10-25(28(18(24)3)30(35)36)26-14-22(32)7-11-27(26)37-23-8-6-20-12-19(15-31)4-5-21(20)13-23/h4-14,17H,16,32H2,1-3H3,(H,33,34)(H,35,36). The van der Waals surface area contributed by atoms with Gasteiger partial charge in [-0.3, -0.25) is 4.79 Å². The van der Waals surface area contributed by atoms with Crippen LogP contribution in [0.2, 0.25) is 0 Å². The van der Waals surface area contributed by atoms with E-state index in [1.807, 2.05) is 32.0 Å². The van der Waals surface area contributed by atoms with Gasteiger partial charge in [-0.15, -0.1) is 0 Å². The fourth-order valence-electron chi connectivity index (χ4n) is 4.18. The highest BCUT2D eigenvalue weighted by molar-refractivity contribution is 6.04. The lowest BCUT2D eigenvalue weighted by Crippen LogP contribution is -2.28. The summed E-state index contributed by atoms with van der Waals surface area (Å²) in [4.78, 5) is 25.1. The van der Waals surface area contributed by atoms with E-state index in [4.69, 9.17) is 15.7 Å². The van der Waals surface area contributed by atoms with Gasteiger partial charge >= 0.3 is 5.97 Å². The number of nitrogen functional groups attached to an aromatic ring is 1. The Labute approximate surface area is 215 Å². The van der Waals surface area contributed by atoms with Crippen LogP contribution in [0, 0.1) is 24.2 Å². The van der Waals surface area contributed by atoms with Crippen molar-refractivity contribution in [1.82, 2.24) is 5.32 Å². The van der Waals surface area contributed by atoms with Crippen molar-refractivity contribution in [3.63, 3.8) is 0 Å². The van der Waals surface area contributed by atoms with Crippen molar-refractivity contribution in [3.05, 3.63) is 89.0 Å². The van der Waals surface area contributed by atoms with E-state index in [-0.39, 0.29) is 17.4 Å².